The maximum absolute atomic E-state index is 12.7. The van der Waals surface area contributed by atoms with E-state index in [-0.39, 0.29) is 18.7 Å². The number of benzene rings is 2. The van der Waals surface area contributed by atoms with Gasteiger partial charge in [-0.1, -0.05) is 36.4 Å². The van der Waals surface area contributed by atoms with Crippen molar-refractivity contribution in [1.82, 2.24) is 19.7 Å². The summed E-state index contributed by atoms with van der Waals surface area (Å²) in [5.74, 6) is 0.816. The average Bonchev–Trinajstić information content (AvgIpc) is 3.37. The van der Waals surface area contributed by atoms with Gasteiger partial charge in [0.15, 0.2) is 0 Å². The zero-order valence-electron chi connectivity index (χ0n) is 24.3. The van der Waals surface area contributed by atoms with E-state index < -0.39 is 11.7 Å². The molecule has 0 aliphatic carbocycles. The van der Waals surface area contributed by atoms with Crippen molar-refractivity contribution in [2.24, 2.45) is 0 Å². The van der Waals surface area contributed by atoms with Gasteiger partial charge in [-0.2, -0.15) is 5.10 Å². The van der Waals surface area contributed by atoms with Gasteiger partial charge in [-0.05, 0) is 57.4 Å². The van der Waals surface area contributed by atoms with E-state index in [9.17, 15) is 9.59 Å². The summed E-state index contributed by atoms with van der Waals surface area (Å²) in [6, 6.07) is 17.0. The van der Waals surface area contributed by atoms with E-state index in [1.807, 2.05) is 47.1 Å². The van der Waals surface area contributed by atoms with Crippen LogP contribution in [0.15, 0.2) is 60.8 Å². The van der Waals surface area contributed by atoms with Gasteiger partial charge >= 0.3 is 12.2 Å². The number of anilines is 2. The Labute approximate surface area is 244 Å². The highest BCUT2D eigenvalue weighted by atomic mass is 16.6. The van der Waals surface area contributed by atoms with Crippen molar-refractivity contribution in [3.05, 3.63) is 66.4 Å². The first-order valence-corrected chi connectivity index (χ1v) is 13.9. The van der Waals surface area contributed by atoms with Crippen molar-refractivity contribution in [3.63, 3.8) is 0 Å². The van der Waals surface area contributed by atoms with Gasteiger partial charge in [-0.3, -0.25) is 10.00 Å². The van der Waals surface area contributed by atoms with Crippen LogP contribution in [0.25, 0.3) is 22.2 Å². The molecule has 1 saturated heterocycles. The molecule has 220 valence electrons. The molecule has 11 heteroatoms. The van der Waals surface area contributed by atoms with Crippen LogP contribution >= 0.6 is 0 Å². The Hall–Kier alpha value is -4.80. The minimum atomic E-state index is -0.633. The molecule has 3 heterocycles. The van der Waals surface area contributed by atoms with Gasteiger partial charge in [0.1, 0.15) is 29.5 Å². The van der Waals surface area contributed by atoms with Crippen LogP contribution in [0.2, 0.25) is 0 Å². The number of likely N-dealkylation sites (tertiary alicyclic amines) is 1. The first-order valence-electron chi connectivity index (χ1n) is 13.9. The van der Waals surface area contributed by atoms with Crippen LogP contribution in [0.1, 0.15) is 45.2 Å². The third-order valence-electron chi connectivity index (χ3n) is 7.03. The molecule has 1 aliphatic heterocycles. The molecule has 11 nitrogen and oxygen atoms in total. The Morgan fingerprint density at radius 3 is 2.50 bits per heavy atom. The van der Waals surface area contributed by atoms with E-state index in [0.717, 1.165) is 22.0 Å². The SMILES string of the molecule is COc1cc(-c2nn(C3CCN(C(=O)OCc4ccccc4)CC3)c3ccnc(N)c23)ccc1NC(=O)OC(C)(C)C. The molecule has 0 saturated carbocycles. The van der Waals surface area contributed by atoms with Crippen molar-refractivity contribution in [2.75, 3.05) is 31.2 Å². The number of pyridine rings is 1. The summed E-state index contributed by atoms with van der Waals surface area (Å²) >= 11 is 0. The van der Waals surface area contributed by atoms with Crippen LogP contribution in [-0.4, -0.2) is 57.7 Å². The Kier molecular flexibility index (Phi) is 8.19. The summed E-state index contributed by atoms with van der Waals surface area (Å²) in [4.78, 5) is 31.1. The topological polar surface area (TPSA) is 134 Å². The number of carbonyl (C=O) groups excluding carboxylic acids is 2. The minimum absolute atomic E-state index is 0.0521. The predicted octanol–water partition coefficient (Wildman–Crippen LogP) is 6.01. The molecule has 1 aliphatic rings. The van der Waals surface area contributed by atoms with E-state index in [1.54, 1.807) is 44.0 Å². The standard InChI is InChI=1S/C31H36N6O5/c1-31(2,3)42-29(38)34-23-11-10-21(18-25(23)40-4)27-26-24(12-15-33-28(26)32)37(35-27)22-13-16-36(17-14-22)30(39)41-19-20-8-6-5-7-9-20/h5-12,15,18,22H,13-14,16-17,19H2,1-4H3,(H2,32,33)(H,34,38). The number of nitrogens with zero attached hydrogens (tertiary/aromatic N) is 4. The van der Waals surface area contributed by atoms with Crippen molar-refractivity contribution in [2.45, 2.75) is 51.9 Å². The fourth-order valence-electron chi connectivity index (χ4n) is 5.05. The van der Waals surface area contributed by atoms with Crippen LogP contribution in [-0.2, 0) is 16.1 Å². The smallest absolute Gasteiger partial charge is 0.412 e. The number of aromatic nitrogens is 3. The van der Waals surface area contributed by atoms with E-state index in [2.05, 4.69) is 10.3 Å². The summed E-state index contributed by atoms with van der Waals surface area (Å²) in [6.45, 7) is 6.74. The molecule has 2 aromatic heterocycles. The van der Waals surface area contributed by atoms with Crippen LogP contribution in [0, 0.1) is 0 Å². The normalized spacial score (nSPS) is 14.0. The number of hydrogen-bond donors (Lipinski definition) is 2. The molecule has 0 radical (unpaired) electrons. The fraction of sp³-hybridized carbons (Fsp3) is 0.355. The van der Waals surface area contributed by atoms with Gasteiger partial charge in [0.05, 0.1) is 29.7 Å². The molecule has 42 heavy (non-hydrogen) atoms. The Balaban J connectivity index is 1.35. The summed E-state index contributed by atoms with van der Waals surface area (Å²) < 4.78 is 18.5. The third kappa shape index (κ3) is 6.40. The second-order valence-corrected chi connectivity index (χ2v) is 11.2. The number of fused-ring (bicyclic) bond motifs is 1. The zero-order valence-corrected chi connectivity index (χ0v) is 24.3. The Morgan fingerprint density at radius 1 is 1.07 bits per heavy atom. The van der Waals surface area contributed by atoms with Gasteiger partial charge in [-0.25, -0.2) is 14.6 Å². The van der Waals surface area contributed by atoms with Crippen molar-refractivity contribution in [3.8, 4) is 17.0 Å². The van der Waals surface area contributed by atoms with Crippen molar-refractivity contribution in [1.29, 1.82) is 0 Å². The number of amides is 2. The van der Waals surface area contributed by atoms with E-state index in [1.165, 1.54) is 7.11 Å². The van der Waals surface area contributed by atoms with Gasteiger partial charge in [0, 0.05) is 24.8 Å². The summed E-state index contributed by atoms with van der Waals surface area (Å²) in [6.07, 6.45) is 2.20. The number of piperidine rings is 1. The highest BCUT2D eigenvalue weighted by Gasteiger charge is 2.28. The molecule has 4 aromatic rings. The average molecular weight is 573 g/mol. The molecule has 0 atom stereocenters. The molecule has 3 N–H and O–H groups in total. The zero-order chi connectivity index (χ0) is 29.9. The summed E-state index contributed by atoms with van der Waals surface area (Å²) in [7, 11) is 1.53. The molecular formula is C31H36N6O5. The number of ether oxygens (including phenoxy) is 3. The highest BCUT2D eigenvalue weighted by Crippen LogP contribution is 2.38. The molecule has 0 unspecified atom stereocenters. The first kappa shape index (κ1) is 28.7. The number of nitrogens with one attached hydrogen (secondary N) is 1. The third-order valence-corrected chi connectivity index (χ3v) is 7.03. The monoisotopic (exact) mass is 572 g/mol. The summed E-state index contributed by atoms with van der Waals surface area (Å²) in [5.41, 5.74) is 9.43. The number of nitrogens with two attached hydrogens (primary N) is 1. The van der Waals surface area contributed by atoms with Gasteiger partial charge in [0.25, 0.3) is 0 Å². The van der Waals surface area contributed by atoms with Crippen LogP contribution in [0.3, 0.4) is 0 Å². The van der Waals surface area contributed by atoms with Gasteiger partial charge in [0.2, 0.25) is 0 Å². The van der Waals surface area contributed by atoms with E-state index >= 15 is 0 Å². The number of hydrogen-bond acceptors (Lipinski definition) is 8. The minimum Gasteiger partial charge on any atom is -0.495 e. The molecule has 2 aromatic carbocycles. The second kappa shape index (κ2) is 12.0. The van der Waals surface area contributed by atoms with Crippen LogP contribution in [0.4, 0.5) is 21.1 Å². The maximum atomic E-state index is 12.7. The Morgan fingerprint density at radius 2 is 1.81 bits per heavy atom. The lowest BCUT2D eigenvalue weighted by atomic mass is 10.0. The number of methoxy groups -OCH3 is 1. The lowest BCUT2D eigenvalue weighted by Crippen LogP contribution is -2.39. The molecule has 2 amide bonds. The van der Waals surface area contributed by atoms with E-state index in [4.69, 9.17) is 25.0 Å². The number of carbonyl (C=O) groups is 2. The number of rotatable bonds is 6. The highest BCUT2D eigenvalue weighted by molar-refractivity contribution is 6.00. The van der Waals surface area contributed by atoms with Gasteiger partial charge < -0.3 is 24.8 Å². The van der Waals surface area contributed by atoms with Crippen molar-refractivity contribution < 1.29 is 23.8 Å². The molecule has 5 rings (SSSR count). The van der Waals surface area contributed by atoms with Crippen molar-refractivity contribution >= 4 is 34.6 Å². The molecule has 0 bridgehead atoms. The maximum Gasteiger partial charge on any atom is 0.412 e. The first-order chi connectivity index (χ1) is 20.1. The fourth-order valence-corrected chi connectivity index (χ4v) is 5.05. The Bertz CT molecular complexity index is 1570. The largest absolute Gasteiger partial charge is 0.495 e. The quantitative estimate of drug-likeness (QED) is 0.287. The molecule has 1 fully saturated rings. The number of nitrogen functional groups attached to an aromatic ring is 1. The second-order valence-electron chi connectivity index (χ2n) is 11.2. The lowest BCUT2D eigenvalue weighted by Gasteiger charge is -2.31. The summed E-state index contributed by atoms with van der Waals surface area (Å²) in [5, 5.41) is 8.47. The van der Waals surface area contributed by atoms with Gasteiger partial charge in [-0.15, -0.1) is 0 Å². The molecule has 0 spiro atoms. The molecular weight excluding hydrogens is 536 g/mol. The predicted molar refractivity (Wildman–Crippen MR) is 160 cm³/mol. The van der Waals surface area contributed by atoms with E-state index in [0.29, 0.717) is 48.9 Å². The lowest BCUT2D eigenvalue weighted by molar-refractivity contribution is 0.0635. The van der Waals surface area contributed by atoms with Crippen LogP contribution in [0.5, 0.6) is 5.75 Å². The van der Waals surface area contributed by atoms with Crippen LogP contribution < -0.4 is 15.8 Å².